The minimum absolute atomic E-state index is 0.621. The van der Waals surface area contributed by atoms with E-state index in [9.17, 15) is 0 Å². The van der Waals surface area contributed by atoms with Gasteiger partial charge in [-0.05, 0) is 30.4 Å². The van der Waals surface area contributed by atoms with Gasteiger partial charge in [0.05, 0.1) is 12.6 Å². The van der Waals surface area contributed by atoms with E-state index in [-0.39, 0.29) is 0 Å². The molecule has 1 heterocycles. The van der Waals surface area contributed by atoms with Crippen LogP contribution in [-0.4, -0.2) is 23.9 Å². The van der Waals surface area contributed by atoms with Gasteiger partial charge in [0, 0.05) is 29.3 Å². The molecule has 0 saturated heterocycles. The molecule has 0 aliphatic heterocycles. The van der Waals surface area contributed by atoms with Gasteiger partial charge >= 0.3 is 0 Å². The first-order valence-corrected chi connectivity index (χ1v) is 8.02. The highest BCUT2D eigenvalue weighted by Gasteiger charge is 2.08. The average molecular weight is 290 g/mol. The molecule has 0 aliphatic rings. The number of methoxy groups -OCH3 is 1. The summed E-state index contributed by atoms with van der Waals surface area (Å²) >= 11 is 1.94. The van der Waals surface area contributed by atoms with Gasteiger partial charge in [-0.15, -0.1) is 0 Å². The molecule has 4 heteroatoms. The van der Waals surface area contributed by atoms with Gasteiger partial charge in [-0.3, -0.25) is 0 Å². The number of hydrogen-bond donors (Lipinski definition) is 1. The molecule has 0 bridgehead atoms. The molecule has 108 valence electrons. The van der Waals surface area contributed by atoms with Crippen molar-refractivity contribution in [2.45, 2.75) is 31.8 Å². The van der Waals surface area contributed by atoms with E-state index in [4.69, 9.17) is 9.72 Å². The monoisotopic (exact) mass is 290 g/mol. The van der Waals surface area contributed by atoms with E-state index in [1.54, 1.807) is 7.11 Å². The van der Waals surface area contributed by atoms with E-state index in [2.05, 4.69) is 38.2 Å². The summed E-state index contributed by atoms with van der Waals surface area (Å²) in [5, 5.41) is 5.14. The van der Waals surface area contributed by atoms with Crippen LogP contribution in [0.2, 0.25) is 0 Å². The van der Waals surface area contributed by atoms with Crippen LogP contribution in [0.25, 0.3) is 10.9 Å². The molecule has 0 unspecified atom stereocenters. The lowest BCUT2D eigenvalue weighted by Crippen LogP contribution is -2.04. The fourth-order valence-corrected chi connectivity index (χ4v) is 2.74. The highest BCUT2D eigenvalue weighted by Crippen LogP contribution is 2.28. The zero-order valence-corrected chi connectivity index (χ0v) is 13.4. The van der Waals surface area contributed by atoms with Crippen LogP contribution >= 0.6 is 11.8 Å². The van der Waals surface area contributed by atoms with Crippen LogP contribution in [0.1, 0.15) is 26.3 Å². The topological polar surface area (TPSA) is 34.2 Å². The fraction of sp³-hybridized carbons (Fsp3) is 0.438. The Bertz CT molecular complexity index is 584. The van der Waals surface area contributed by atoms with Crippen LogP contribution in [0, 0.1) is 0 Å². The van der Waals surface area contributed by atoms with Crippen molar-refractivity contribution < 1.29 is 4.74 Å². The summed E-state index contributed by atoms with van der Waals surface area (Å²) in [5.41, 5.74) is 2.24. The summed E-state index contributed by atoms with van der Waals surface area (Å²) in [4.78, 5) is 4.75. The van der Waals surface area contributed by atoms with Crippen molar-refractivity contribution in [3.05, 3.63) is 29.8 Å². The van der Waals surface area contributed by atoms with Crippen LogP contribution in [0.15, 0.2) is 24.3 Å². The van der Waals surface area contributed by atoms with Crippen molar-refractivity contribution in [2.75, 3.05) is 19.0 Å². The Hall–Kier alpha value is -1.42. The number of anilines is 1. The predicted molar refractivity (Wildman–Crippen MR) is 88.9 cm³/mol. The third kappa shape index (κ3) is 3.57. The number of thioether (sulfide) groups is 1. The first-order valence-electron chi connectivity index (χ1n) is 6.97. The molecule has 1 aromatic carbocycles. The Labute approximate surface area is 125 Å². The summed E-state index contributed by atoms with van der Waals surface area (Å²) in [6.07, 6.45) is 0. The van der Waals surface area contributed by atoms with Gasteiger partial charge in [-0.2, -0.15) is 11.8 Å². The van der Waals surface area contributed by atoms with Crippen LogP contribution in [-0.2, 0) is 5.75 Å². The highest BCUT2D eigenvalue weighted by molar-refractivity contribution is 7.99. The summed E-state index contributed by atoms with van der Waals surface area (Å²) < 4.78 is 5.27. The van der Waals surface area contributed by atoms with Crippen LogP contribution in [0.5, 0.6) is 5.75 Å². The van der Waals surface area contributed by atoms with E-state index in [1.165, 1.54) is 5.56 Å². The Morgan fingerprint density at radius 3 is 2.75 bits per heavy atom. The molecule has 0 fully saturated rings. The molecule has 0 radical (unpaired) electrons. The Balaban J connectivity index is 2.41. The standard InChI is InChI=1S/C16H22N2OS/c1-5-17-16-13(10-20-11(2)3)8-12-6-7-14(19-4)9-15(12)18-16/h6-9,11H,5,10H2,1-4H3,(H,17,18). The van der Waals surface area contributed by atoms with Crippen molar-refractivity contribution in [1.82, 2.24) is 4.98 Å². The molecule has 0 spiro atoms. The van der Waals surface area contributed by atoms with Crippen LogP contribution in [0.3, 0.4) is 0 Å². The van der Waals surface area contributed by atoms with Gasteiger partial charge in [0.1, 0.15) is 11.6 Å². The number of ether oxygens (including phenoxy) is 1. The lowest BCUT2D eigenvalue weighted by Gasteiger charge is -2.13. The molecular weight excluding hydrogens is 268 g/mol. The molecule has 2 rings (SSSR count). The van der Waals surface area contributed by atoms with E-state index in [0.29, 0.717) is 5.25 Å². The molecule has 3 nitrogen and oxygen atoms in total. The number of nitrogens with one attached hydrogen (secondary N) is 1. The molecule has 2 aromatic rings. The van der Waals surface area contributed by atoms with E-state index in [1.807, 2.05) is 23.9 Å². The molecule has 1 aromatic heterocycles. The maximum absolute atomic E-state index is 5.27. The average Bonchev–Trinajstić information content (AvgIpc) is 2.44. The number of benzene rings is 1. The molecule has 0 aliphatic carbocycles. The quantitative estimate of drug-likeness (QED) is 0.859. The van der Waals surface area contributed by atoms with E-state index >= 15 is 0 Å². The summed E-state index contributed by atoms with van der Waals surface area (Å²) in [6.45, 7) is 7.41. The van der Waals surface area contributed by atoms with Crippen molar-refractivity contribution in [1.29, 1.82) is 0 Å². The second kappa shape index (κ2) is 6.84. The smallest absolute Gasteiger partial charge is 0.130 e. The number of nitrogens with zero attached hydrogens (tertiary/aromatic N) is 1. The molecule has 0 atom stereocenters. The zero-order valence-electron chi connectivity index (χ0n) is 12.6. The minimum Gasteiger partial charge on any atom is -0.497 e. The van der Waals surface area contributed by atoms with Crippen LogP contribution in [0.4, 0.5) is 5.82 Å². The van der Waals surface area contributed by atoms with E-state index < -0.39 is 0 Å². The zero-order chi connectivity index (χ0) is 14.5. The minimum atomic E-state index is 0.621. The number of rotatable bonds is 6. The maximum atomic E-state index is 5.27. The summed E-state index contributed by atoms with van der Waals surface area (Å²) in [7, 11) is 1.68. The largest absolute Gasteiger partial charge is 0.497 e. The third-order valence-electron chi connectivity index (χ3n) is 3.02. The van der Waals surface area contributed by atoms with Crippen LogP contribution < -0.4 is 10.1 Å². The molecule has 1 N–H and O–H groups in total. The normalized spacial score (nSPS) is 11.1. The van der Waals surface area contributed by atoms with Gasteiger partial charge in [0.25, 0.3) is 0 Å². The van der Waals surface area contributed by atoms with Gasteiger partial charge in [-0.1, -0.05) is 13.8 Å². The second-order valence-corrected chi connectivity index (χ2v) is 6.51. The fourth-order valence-electron chi connectivity index (χ4n) is 2.00. The number of aromatic nitrogens is 1. The molecule has 0 amide bonds. The summed E-state index contributed by atoms with van der Waals surface area (Å²) in [6, 6.07) is 8.27. The first-order chi connectivity index (χ1) is 9.63. The first kappa shape index (κ1) is 15.0. The summed E-state index contributed by atoms with van der Waals surface area (Å²) in [5.74, 6) is 2.81. The third-order valence-corrected chi connectivity index (χ3v) is 4.16. The van der Waals surface area contributed by atoms with Crippen molar-refractivity contribution in [3.8, 4) is 5.75 Å². The van der Waals surface area contributed by atoms with Gasteiger partial charge in [0.2, 0.25) is 0 Å². The van der Waals surface area contributed by atoms with Crippen molar-refractivity contribution >= 4 is 28.5 Å². The van der Waals surface area contributed by atoms with Gasteiger partial charge in [0.15, 0.2) is 0 Å². The Morgan fingerprint density at radius 1 is 1.30 bits per heavy atom. The molecule has 0 saturated carbocycles. The lowest BCUT2D eigenvalue weighted by molar-refractivity contribution is 0.415. The number of fused-ring (bicyclic) bond motifs is 1. The molecular formula is C16H22N2OS. The number of hydrogen-bond acceptors (Lipinski definition) is 4. The number of pyridine rings is 1. The lowest BCUT2D eigenvalue weighted by atomic mass is 10.1. The highest BCUT2D eigenvalue weighted by atomic mass is 32.2. The maximum Gasteiger partial charge on any atom is 0.130 e. The Kier molecular flexibility index (Phi) is 5.12. The SMILES string of the molecule is CCNc1nc2cc(OC)ccc2cc1CSC(C)C. The molecule has 20 heavy (non-hydrogen) atoms. The van der Waals surface area contributed by atoms with Gasteiger partial charge < -0.3 is 10.1 Å². The Morgan fingerprint density at radius 2 is 2.10 bits per heavy atom. The van der Waals surface area contributed by atoms with E-state index in [0.717, 1.165) is 34.8 Å². The van der Waals surface area contributed by atoms with Crippen molar-refractivity contribution in [2.24, 2.45) is 0 Å². The predicted octanol–water partition coefficient (Wildman–Crippen LogP) is 4.32. The second-order valence-electron chi connectivity index (χ2n) is 4.94. The van der Waals surface area contributed by atoms with Crippen molar-refractivity contribution in [3.63, 3.8) is 0 Å². The van der Waals surface area contributed by atoms with Gasteiger partial charge in [-0.25, -0.2) is 4.98 Å².